The van der Waals surface area contributed by atoms with Crippen LogP contribution < -0.4 is 0 Å². The summed E-state index contributed by atoms with van der Waals surface area (Å²) >= 11 is 7.69. The standard InChI is InChI=1S/C18H18ClN3O2S/c19-14-7-5-13(6-8-14)17-20-21-18(25-12-16-4-2-10-24-16)22(17)11-15-3-1-9-23-15/h1,3,5-9,16H,2,4,10-12H2. The van der Waals surface area contributed by atoms with Crippen LogP contribution in [0.5, 0.6) is 0 Å². The van der Waals surface area contributed by atoms with Crippen molar-refractivity contribution >= 4 is 23.4 Å². The lowest BCUT2D eigenvalue weighted by molar-refractivity contribution is 0.129. The number of thioether (sulfide) groups is 1. The number of nitrogens with zero attached hydrogens (tertiary/aromatic N) is 3. The number of hydrogen-bond acceptors (Lipinski definition) is 5. The predicted octanol–water partition coefficient (Wildman–Crippen LogP) is 4.51. The second kappa shape index (κ2) is 7.64. The first-order valence-corrected chi connectivity index (χ1v) is 9.62. The summed E-state index contributed by atoms with van der Waals surface area (Å²) in [5, 5.41) is 10.4. The van der Waals surface area contributed by atoms with Crippen LogP contribution in [0.3, 0.4) is 0 Å². The fourth-order valence-corrected chi connectivity index (χ4v) is 3.98. The zero-order chi connectivity index (χ0) is 17.1. The molecule has 2 aromatic heterocycles. The highest BCUT2D eigenvalue weighted by Gasteiger charge is 2.20. The first-order chi connectivity index (χ1) is 12.3. The molecule has 0 spiro atoms. The molecule has 3 aromatic rings. The van der Waals surface area contributed by atoms with Crippen molar-refractivity contribution < 1.29 is 9.15 Å². The van der Waals surface area contributed by atoms with Crippen molar-refractivity contribution in [2.75, 3.05) is 12.4 Å². The van der Waals surface area contributed by atoms with Gasteiger partial charge in [-0.1, -0.05) is 23.4 Å². The van der Waals surface area contributed by atoms with Crippen LogP contribution in [0.1, 0.15) is 18.6 Å². The molecule has 1 fully saturated rings. The van der Waals surface area contributed by atoms with E-state index in [1.54, 1.807) is 18.0 Å². The lowest BCUT2D eigenvalue weighted by Crippen LogP contribution is -2.10. The van der Waals surface area contributed by atoms with Gasteiger partial charge in [0.05, 0.1) is 18.9 Å². The maximum absolute atomic E-state index is 6.01. The highest BCUT2D eigenvalue weighted by molar-refractivity contribution is 7.99. The summed E-state index contributed by atoms with van der Waals surface area (Å²) in [4.78, 5) is 0. The van der Waals surface area contributed by atoms with E-state index in [9.17, 15) is 0 Å². The average Bonchev–Trinajstić information content (AvgIpc) is 3.37. The van der Waals surface area contributed by atoms with Gasteiger partial charge in [-0.3, -0.25) is 4.57 Å². The SMILES string of the molecule is Clc1ccc(-c2nnc(SCC3CCCO3)n2Cc2ccco2)cc1. The molecule has 1 aromatic carbocycles. The molecule has 7 heteroatoms. The number of furan rings is 1. The van der Waals surface area contributed by atoms with Crippen LogP contribution in [0.15, 0.2) is 52.2 Å². The highest BCUT2D eigenvalue weighted by atomic mass is 35.5. The van der Waals surface area contributed by atoms with E-state index < -0.39 is 0 Å². The number of ether oxygens (including phenoxy) is 1. The second-order valence-corrected chi connectivity index (χ2v) is 7.35. The van der Waals surface area contributed by atoms with Gasteiger partial charge in [-0.25, -0.2) is 0 Å². The Kier molecular flexibility index (Phi) is 5.10. The molecule has 25 heavy (non-hydrogen) atoms. The monoisotopic (exact) mass is 375 g/mol. The first kappa shape index (κ1) is 16.7. The van der Waals surface area contributed by atoms with Crippen molar-refractivity contribution in [2.24, 2.45) is 0 Å². The third-order valence-corrected chi connectivity index (χ3v) is 5.49. The van der Waals surface area contributed by atoms with Gasteiger partial charge < -0.3 is 9.15 Å². The number of halogens is 1. The van der Waals surface area contributed by atoms with Crippen molar-refractivity contribution in [1.82, 2.24) is 14.8 Å². The Bertz CT molecular complexity index is 811. The second-order valence-electron chi connectivity index (χ2n) is 5.92. The third kappa shape index (κ3) is 3.92. The molecule has 1 unspecified atom stereocenters. The molecule has 4 rings (SSSR count). The summed E-state index contributed by atoms with van der Waals surface area (Å²) in [6, 6.07) is 11.5. The van der Waals surface area contributed by atoms with Crippen molar-refractivity contribution in [3.8, 4) is 11.4 Å². The minimum absolute atomic E-state index is 0.303. The Labute approximate surface area is 155 Å². The molecule has 0 radical (unpaired) electrons. The zero-order valence-corrected chi connectivity index (χ0v) is 15.2. The molecule has 0 saturated carbocycles. The summed E-state index contributed by atoms with van der Waals surface area (Å²) in [5.74, 6) is 2.56. The molecular weight excluding hydrogens is 358 g/mol. The molecule has 5 nitrogen and oxygen atoms in total. The largest absolute Gasteiger partial charge is 0.467 e. The zero-order valence-electron chi connectivity index (χ0n) is 13.6. The van der Waals surface area contributed by atoms with E-state index >= 15 is 0 Å². The minimum atomic E-state index is 0.303. The Morgan fingerprint density at radius 3 is 2.80 bits per heavy atom. The van der Waals surface area contributed by atoms with Crippen molar-refractivity contribution in [1.29, 1.82) is 0 Å². The van der Waals surface area contributed by atoms with Crippen LogP contribution in [0, 0.1) is 0 Å². The normalized spacial score (nSPS) is 17.2. The maximum atomic E-state index is 6.01. The van der Waals surface area contributed by atoms with Crippen LogP contribution in [0.2, 0.25) is 5.02 Å². The van der Waals surface area contributed by atoms with E-state index in [0.29, 0.717) is 17.7 Å². The van der Waals surface area contributed by atoms with E-state index in [4.69, 9.17) is 20.8 Å². The van der Waals surface area contributed by atoms with Crippen LogP contribution in [-0.2, 0) is 11.3 Å². The first-order valence-electron chi connectivity index (χ1n) is 8.25. The lowest BCUT2D eigenvalue weighted by Gasteiger charge is -2.11. The van der Waals surface area contributed by atoms with Gasteiger partial charge in [-0.2, -0.15) is 0 Å². The number of aromatic nitrogens is 3. The third-order valence-electron chi connectivity index (χ3n) is 4.14. The van der Waals surface area contributed by atoms with Gasteiger partial charge >= 0.3 is 0 Å². The highest BCUT2D eigenvalue weighted by Crippen LogP contribution is 2.28. The molecule has 1 atom stereocenters. The van der Waals surface area contributed by atoms with Gasteiger partial charge in [0, 0.05) is 22.9 Å². The van der Waals surface area contributed by atoms with Crippen LogP contribution in [0.4, 0.5) is 0 Å². The van der Waals surface area contributed by atoms with Crippen molar-refractivity contribution in [3.63, 3.8) is 0 Å². The fraction of sp³-hybridized carbons (Fsp3) is 0.333. The van der Waals surface area contributed by atoms with Gasteiger partial charge in [-0.05, 0) is 49.2 Å². The number of benzene rings is 1. The molecule has 0 N–H and O–H groups in total. The molecule has 0 bridgehead atoms. The summed E-state index contributed by atoms with van der Waals surface area (Å²) in [7, 11) is 0. The topological polar surface area (TPSA) is 53.1 Å². The maximum Gasteiger partial charge on any atom is 0.192 e. The van der Waals surface area contributed by atoms with Gasteiger partial charge in [0.2, 0.25) is 0 Å². The van der Waals surface area contributed by atoms with E-state index in [1.807, 2.05) is 36.4 Å². The Morgan fingerprint density at radius 1 is 1.20 bits per heavy atom. The van der Waals surface area contributed by atoms with Gasteiger partial charge in [-0.15, -0.1) is 10.2 Å². The van der Waals surface area contributed by atoms with Crippen LogP contribution in [-0.4, -0.2) is 33.2 Å². The summed E-state index contributed by atoms with van der Waals surface area (Å²) in [6.45, 7) is 1.45. The number of hydrogen-bond donors (Lipinski definition) is 0. The summed E-state index contributed by atoms with van der Waals surface area (Å²) in [6.07, 6.45) is 4.24. The minimum Gasteiger partial charge on any atom is -0.467 e. The van der Waals surface area contributed by atoms with Gasteiger partial charge in [0.25, 0.3) is 0 Å². The average molecular weight is 376 g/mol. The van der Waals surface area contributed by atoms with Crippen LogP contribution in [0.25, 0.3) is 11.4 Å². The van der Waals surface area contributed by atoms with Crippen molar-refractivity contribution in [3.05, 3.63) is 53.4 Å². The number of rotatable bonds is 6. The molecule has 3 heterocycles. The molecule has 1 aliphatic rings. The molecule has 130 valence electrons. The Morgan fingerprint density at radius 2 is 2.08 bits per heavy atom. The molecule has 1 saturated heterocycles. The molecule has 0 amide bonds. The fourth-order valence-electron chi connectivity index (χ4n) is 2.85. The molecular formula is C18H18ClN3O2S. The molecule has 1 aliphatic heterocycles. The van der Waals surface area contributed by atoms with Crippen LogP contribution >= 0.6 is 23.4 Å². The Balaban J connectivity index is 1.62. The van der Waals surface area contributed by atoms with Crippen molar-refractivity contribution in [2.45, 2.75) is 30.6 Å². The van der Waals surface area contributed by atoms with Gasteiger partial charge in [0.15, 0.2) is 11.0 Å². The Hall–Kier alpha value is -1.76. The quantitative estimate of drug-likeness (QED) is 0.593. The summed E-state index contributed by atoms with van der Waals surface area (Å²) in [5.41, 5.74) is 0.979. The van der Waals surface area contributed by atoms with E-state index in [2.05, 4.69) is 14.8 Å². The van der Waals surface area contributed by atoms with Gasteiger partial charge in [0.1, 0.15) is 5.76 Å². The van der Waals surface area contributed by atoms with E-state index in [0.717, 1.165) is 47.5 Å². The van der Waals surface area contributed by atoms with E-state index in [1.165, 1.54) is 0 Å². The summed E-state index contributed by atoms with van der Waals surface area (Å²) < 4.78 is 13.3. The van der Waals surface area contributed by atoms with E-state index in [-0.39, 0.29) is 0 Å². The smallest absolute Gasteiger partial charge is 0.192 e. The molecule has 0 aliphatic carbocycles. The predicted molar refractivity (Wildman–Crippen MR) is 98.0 cm³/mol. The lowest BCUT2D eigenvalue weighted by atomic mass is 10.2.